The summed E-state index contributed by atoms with van der Waals surface area (Å²) in [5.74, 6) is -0.539. The zero-order valence-electron chi connectivity index (χ0n) is 15.7. The highest BCUT2D eigenvalue weighted by Gasteiger charge is 2.17. The average molecular weight is 397 g/mol. The Hall–Kier alpha value is -2.66. The number of benzene rings is 3. The molecule has 3 aromatic carbocycles. The van der Waals surface area contributed by atoms with Crippen molar-refractivity contribution in [2.75, 3.05) is 11.1 Å². The van der Waals surface area contributed by atoms with Crippen molar-refractivity contribution in [1.82, 2.24) is 0 Å². The molecule has 0 heterocycles. The molecule has 144 valence electrons. The van der Waals surface area contributed by atoms with Crippen LogP contribution in [-0.2, 0) is 4.79 Å². The summed E-state index contributed by atoms with van der Waals surface area (Å²) in [6.45, 7) is 3.91. The minimum absolute atomic E-state index is 0.114. The normalized spacial score (nSPS) is 10.9. The van der Waals surface area contributed by atoms with Crippen LogP contribution >= 0.6 is 11.8 Å². The third-order valence-corrected chi connectivity index (χ3v) is 5.78. The van der Waals surface area contributed by atoms with Crippen LogP contribution in [0.25, 0.3) is 0 Å². The highest BCUT2D eigenvalue weighted by molar-refractivity contribution is 8.00. The SMILES string of the molecule is Cc1cccc(C)c1NC(=O)CSC(c1ccc(F)cc1)c1ccc(F)cc1. The van der Waals surface area contributed by atoms with Gasteiger partial charge in [-0.3, -0.25) is 4.79 Å². The third kappa shape index (κ3) is 4.98. The van der Waals surface area contributed by atoms with E-state index in [1.807, 2.05) is 32.0 Å². The Morgan fingerprint density at radius 3 is 1.79 bits per heavy atom. The Balaban J connectivity index is 1.77. The molecule has 0 aromatic heterocycles. The van der Waals surface area contributed by atoms with Gasteiger partial charge in [-0.15, -0.1) is 11.8 Å². The molecule has 2 nitrogen and oxygen atoms in total. The number of carbonyl (C=O) groups is 1. The summed E-state index contributed by atoms with van der Waals surface area (Å²) in [6.07, 6.45) is 0. The first kappa shape index (κ1) is 20.1. The van der Waals surface area contributed by atoms with E-state index < -0.39 is 0 Å². The molecule has 0 atom stereocenters. The van der Waals surface area contributed by atoms with E-state index in [4.69, 9.17) is 0 Å². The summed E-state index contributed by atoms with van der Waals surface area (Å²) < 4.78 is 26.6. The molecule has 0 saturated heterocycles. The van der Waals surface area contributed by atoms with Gasteiger partial charge in [0, 0.05) is 5.69 Å². The number of nitrogens with one attached hydrogen (secondary N) is 1. The van der Waals surface area contributed by atoms with E-state index in [0.29, 0.717) is 0 Å². The van der Waals surface area contributed by atoms with Gasteiger partial charge in [0.2, 0.25) is 5.91 Å². The van der Waals surface area contributed by atoms with Crippen molar-refractivity contribution >= 4 is 23.4 Å². The predicted octanol–water partition coefficient (Wildman–Crippen LogP) is 6.04. The quantitative estimate of drug-likeness (QED) is 0.549. The molecule has 0 aliphatic carbocycles. The van der Waals surface area contributed by atoms with Crippen LogP contribution in [-0.4, -0.2) is 11.7 Å². The zero-order chi connectivity index (χ0) is 20.1. The van der Waals surface area contributed by atoms with E-state index in [0.717, 1.165) is 27.9 Å². The fourth-order valence-electron chi connectivity index (χ4n) is 3.01. The number of thioether (sulfide) groups is 1. The summed E-state index contributed by atoms with van der Waals surface area (Å²) in [4.78, 5) is 12.5. The van der Waals surface area contributed by atoms with Crippen molar-refractivity contribution in [2.45, 2.75) is 19.1 Å². The van der Waals surface area contributed by atoms with Crippen LogP contribution in [0.4, 0.5) is 14.5 Å². The largest absolute Gasteiger partial charge is 0.325 e. The Morgan fingerprint density at radius 2 is 1.32 bits per heavy atom. The molecule has 0 aliphatic rings. The van der Waals surface area contributed by atoms with Gasteiger partial charge in [0.1, 0.15) is 11.6 Å². The van der Waals surface area contributed by atoms with Crippen LogP contribution in [0.2, 0.25) is 0 Å². The smallest absolute Gasteiger partial charge is 0.234 e. The van der Waals surface area contributed by atoms with Crippen molar-refractivity contribution in [3.05, 3.63) is 101 Å². The first-order valence-corrected chi connectivity index (χ1v) is 9.97. The Bertz CT molecular complexity index is 890. The molecule has 0 radical (unpaired) electrons. The fraction of sp³-hybridized carbons (Fsp3) is 0.174. The van der Waals surface area contributed by atoms with Crippen molar-refractivity contribution in [2.24, 2.45) is 0 Å². The van der Waals surface area contributed by atoms with E-state index in [2.05, 4.69) is 5.32 Å². The van der Waals surface area contributed by atoms with Crippen LogP contribution in [0.1, 0.15) is 27.5 Å². The first-order valence-electron chi connectivity index (χ1n) is 8.92. The van der Waals surface area contributed by atoms with Crippen molar-refractivity contribution in [3.8, 4) is 0 Å². The molecular weight excluding hydrogens is 376 g/mol. The van der Waals surface area contributed by atoms with Gasteiger partial charge in [-0.2, -0.15) is 0 Å². The second-order valence-corrected chi connectivity index (χ2v) is 7.70. The molecule has 0 unspecified atom stereocenters. The number of amides is 1. The number of aryl methyl sites for hydroxylation is 2. The monoisotopic (exact) mass is 397 g/mol. The average Bonchev–Trinajstić information content (AvgIpc) is 2.67. The molecule has 0 bridgehead atoms. The number of hydrogen-bond acceptors (Lipinski definition) is 2. The predicted molar refractivity (Wildman–Crippen MR) is 112 cm³/mol. The van der Waals surface area contributed by atoms with Gasteiger partial charge < -0.3 is 5.32 Å². The van der Waals surface area contributed by atoms with Gasteiger partial charge >= 0.3 is 0 Å². The first-order chi connectivity index (χ1) is 13.4. The van der Waals surface area contributed by atoms with Gasteiger partial charge in [0.25, 0.3) is 0 Å². The van der Waals surface area contributed by atoms with Gasteiger partial charge in [0.05, 0.1) is 11.0 Å². The second-order valence-electron chi connectivity index (χ2n) is 6.61. The van der Waals surface area contributed by atoms with Gasteiger partial charge in [-0.05, 0) is 60.4 Å². The maximum absolute atomic E-state index is 13.3. The Labute approximate surface area is 168 Å². The molecule has 1 amide bonds. The lowest BCUT2D eigenvalue weighted by molar-refractivity contribution is -0.113. The lowest BCUT2D eigenvalue weighted by atomic mass is 10.0. The molecule has 0 fully saturated rings. The molecule has 3 aromatic rings. The fourth-order valence-corrected chi connectivity index (χ4v) is 4.10. The molecule has 3 rings (SSSR count). The summed E-state index contributed by atoms with van der Waals surface area (Å²) >= 11 is 1.42. The number of hydrogen-bond donors (Lipinski definition) is 1. The minimum Gasteiger partial charge on any atom is -0.325 e. The molecule has 28 heavy (non-hydrogen) atoms. The van der Waals surface area contributed by atoms with Crippen molar-refractivity contribution in [3.63, 3.8) is 0 Å². The summed E-state index contributed by atoms with van der Waals surface area (Å²) in [7, 11) is 0. The van der Waals surface area contributed by atoms with E-state index >= 15 is 0 Å². The van der Waals surface area contributed by atoms with Crippen LogP contribution in [0.3, 0.4) is 0 Å². The highest BCUT2D eigenvalue weighted by Crippen LogP contribution is 2.36. The number of para-hydroxylation sites is 1. The maximum Gasteiger partial charge on any atom is 0.234 e. The standard InChI is InChI=1S/C23H21F2NOS/c1-15-4-3-5-16(2)22(15)26-21(27)14-28-23(17-6-10-19(24)11-7-17)18-8-12-20(25)13-9-18/h3-13,23H,14H2,1-2H3,(H,26,27). The summed E-state index contributed by atoms with van der Waals surface area (Å²) in [5, 5.41) is 2.77. The van der Waals surface area contributed by atoms with Gasteiger partial charge in [0.15, 0.2) is 0 Å². The maximum atomic E-state index is 13.3. The molecule has 0 spiro atoms. The topological polar surface area (TPSA) is 29.1 Å². The van der Waals surface area contributed by atoms with Gasteiger partial charge in [-0.25, -0.2) is 8.78 Å². The third-order valence-electron chi connectivity index (χ3n) is 4.47. The Morgan fingerprint density at radius 1 is 0.857 bits per heavy atom. The zero-order valence-corrected chi connectivity index (χ0v) is 16.5. The molecular formula is C23H21F2NOS. The molecule has 0 saturated carbocycles. The van der Waals surface area contributed by atoms with E-state index in [-0.39, 0.29) is 28.5 Å². The number of halogens is 2. The minimum atomic E-state index is -0.320. The highest BCUT2D eigenvalue weighted by atomic mass is 32.2. The summed E-state index contributed by atoms with van der Waals surface area (Å²) in [6, 6.07) is 18.2. The van der Waals surface area contributed by atoms with E-state index in [9.17, 15) is 13.6 Å². The van der Waals surface area contributed by atoms with Crippen LogP contribution in [0.5, 0.6) is 0 Å². The number of carbonyl (C=O) groups excluding carboxylic acids is 1. The second kappa shape index (κ2) is 9.02. The molecule has 0 aliphatic heterocycles. The Kier molecular flexibility index (Phi) is 6.47. The molecule has 5 heteroatoms. The summed E-state index contributed by atoms with van der Waals surface area (Å²) in [5.41, 5.74) is 4.56. The lowest BCUT2D eigenvalue weighted by Gasteiger charge is -2.18. The van der Waals surface area contributed by atoms with Gasteiger partial charge in [-0.1, -0.05) is 42.5 Å². The van der Waals surface area contributed by atoms with E-state index in [1.165, 1.54) is 36.0 Å². The van der Waals surface area contributed by atoms with Crippen LogP contribution in [0, 0.1) is 25.5 Å². The van der Waals surface area contributed by atoms with Crippen LogP contribution < -0.4 is 5.32 Å². The molecule has 1 N–H and O–H groups in total. The number of anilines is 1. The van der Waals surface area contributed by atoms with E-state index in [1.54, 1.807) is 24.3 Å². The van der Waals surface area contributed by atoms with Crippen LogP contribution in [0.15, 0.2) is 66.7 Å². The van der Waals surface area contributed by atoms with Crippen molar-refractivity contribution in [1.29, 1.82) is 0 Å². The number of rotatable bonds is 6. The van der Waals surface area contributed by atoms with Crippen molar-refractivity contribution < 1.29 is 13.6 Å². The lowest BCUT2D eigenvalue weighted by Crippen LogP contribution is -2.17.